The lowest BCUT2D eigenvalue weighted by atomic mass is 10.1. The van der Waals surface area contributed by atoms with Gasteiger partial charge < -0.3 is 20.5 Å². The molecule has 5 rings (SSSR count). The Bertz CT molecular complexity index is 1930. The number of fused-ring (bicyclic) bond motifs is 1. The summed E-state index contributed by atoms with van der Waals surface area (Å²) < 4.78 is 32.1. The number of nitrogens with zero attached hydrogens (tertiary/aromatic N) is 3. The summed E-state index contributed by atoms with van der Waals surface area (Å²) in [6.45, 7) is 3.39. The van der Waals surface area contributed by atoms with Crippen molar-refractivity contribution in [3.8, 4) is 17.1 Å². The van der Waals surface area contributed by atoms with Crippen molar-refractivity contribution in [1.82, 2.24) is 24.8 Å². The molecule has 0 fully saturated rings. The third-order valence-corrected chi connectivity index (χ3v) is 7.27. The highest BCUT2D eigenvalue weighted by atomic mass is 19.1. The molecule has 0 aliphatic carbocycles. The van der Waals surface area contributed by atoms with Crippen LogP contribution in [0.1, 0.15) is 28.4 Å². The summed E-state index contributed by atoms with van der Waals surface area (Å²) in [5.74, 6) is -1.43. The zero-order valence-electron chi connectivity index (χ0n) is 24.0. The van der Waals surface area contributed by atoms with Crippen LogP contribution in [0.15, 0.2) is 77.9 Å². The number of amides is 2. The Kier molecular flexibility index (Phi) is 8.18. The SMILES string of the molecule is CNC(=O)c1cccc(-c2ncc(NC(=O)C(C)NC)c(=O)n2Cc2cc(F)cc(-n3cc(C)c4cc(F)ccc43)c2)c1. The van der Waals surface area contributed by atoms with Crippen LogP contribution in [0, 0.1) is 18.6 Å². The second kappa shape index (κ2) is 12.0. The molecule has 0 radical (unpaired) electrons. The summed E-state index contributed by atoms with van der Waals surface area (Å²) in [7, 11) is 3.14. The van der Waals surface area contributed by atoms with Crippen LogP contribution in [0.3, 0.4) is 0 Å². The number of hydrogen-bond acceptors (Lipinski definition) is 5. The maximum absolute atomic E-state index is 15.1. The van der Waals surface area contributed by atoms with Crippen LogP contribution in [-0.2, 0) is 11.3 Å². The van der Waals surface area contributed by atoms with Crippen LogP contribution in [-0.4, -0.2) is 46.1 Å². The van der Waals surface area contributed by atoms with Crippen LogP contribution in [0.2, 0.25) is 0 Å². The Labute approximate surface area is 246 Å². The fourth-order valence-corrected chi connectivity index (χ4v) is 4.90. The molecule has 2 amide bonds. The van der Waals surface area contributed by atoms with E-state index in [0.717, 1.165) is 5.56 Å². The molecule has 9 nitrogen and oxygen atoms in total. The number of anilines is 1. The molecule has 1 unspecified atom stereocenters. The zero-order chi connectivity index (χ0) is 30.8. The molecule has 3 N–H and O–H groups in total. The monoisotopic (exact) mass is 584 g/mol. The Morgan fingerprint density at radius 1 is 1.00 bits per heavy atom. The summed E-state index contributed by atoms with van der Waals surface area (Å²) in [4.78, 5) is 43.2. The number of hydrogen-bond donors (Lipinski definition) is 3. The van der Waals surface area contributed by atoms with Crippen molar-refractivity contribution < 1.29 is 18.4 Å². The molecule has 2 heterocycles. The Morgan fingerprint density at radius 3 is 2.53 bits per heavy atom. The van der Waals surface area contributed by atoms with E-state index in [1.807, 2.05) is 6.92 Å². The van der Waals surface area contributed by atoms with Crippen LogP contribution in [0.4, 0.5) is 14.5 Å². The lowest BCUT2D eigenvalue weighted by Crippen LogP contribution is -2.38. The van der Waals surface area contributed by atoms with Crippen LogP contribution < -0.4 is 21.5 Å². The van der Waals surface area contributed by atoms with Gasteiger partial charge in [0.05, 0.1) is 24.3 Å². The summed E-state index contributed by atoms with van der Waals surface area (Å²) in [6.07, 6.45) is 3.07. The van der Waals surface area contributed by atoms with Crippen LogP contribution in [0.25, 0.3) is 28.0 Å². The molecule has 11 heteroatoms. The van der Waals surface area contributed by atoms with E-state index >= 15 is 4.39 Å². The standard InChI is InChI=1S/C32H30F2N6O3/c1-18-16-39(28-9-8-23(33)14-26(18)28)25-11-20(10-24(34)13-25)17-40-29(21-6-5-7-22(12-21)31(42)36-4)37-15-27(32(40)43)38-30(41)19(2)35-3/h5-16,19,35H,17H2,1-4H3,(H,36,42)(H,38,41). The summed E-state index contributed by atoms with van der Waals surface area (Å²) in [5, 5.41) is 8.70. The normalized spacial score (nSPS) is 11.9. The number of likely N-dealkylation sites (N-methyl/N-ethyl adjacent to an activating group) is 1. The first kappa shape index (κ1) is 29.3. The van der Waals surface area contributed by atoms with Gasteiger partial charge in [0.15, 0.2) is 0 Å². The largest absolute Gasteiger partial charge is 0.355 e. The van der Waals surface area contributed by atoms with E-state index in [1.54, 1.807) is 61.1 Å². The summed E-state index contributed by atoms with van der Waals surface area (Å²) in [5.41, 5.74) is 2.67. The quantitative estimate of drug-likeness (QED) is 0.251. The predicted molar refractivity (Wildman–Crippen MR) is 162 cm³/mol. The topological polar surface area (TPSA) is 110 Å². The second-order valence-corrected chi connectivity index (χ2v) is 10.2. The molecule has 3 aromatic carbocycles. The van der Waals surface area contributed by atoms with Crippen molar-refractivity contribution in [2.24, 2.45) is 0 Å². The highest BCUT2D eigenvalue weighted by Crippen LogP contribution is 2.27. The maximum atomic E-state index is 15.1. The van der Waals surface area contributed by atoms with Gasteiger partial charge in [0.1, 0.15) is 23.1 Å². The van der Waals surface area contributed by atoms with E-state index in [4.69, 9.17) is 0 Å². The minimum Gasteiger partial charge on any atom is -0.355 e. The molecule has 0 bridgehead atoms. The van der Waals surface area contributed by atoms with Gasteiger partial charge in [-0.05, 0) is 80.6 Å². The number of aryl methyl sites for hydroxylation is 1. The third kappa shape index (κ3) is 5.93. The molecule has 220 valence electrons. The molecule has 0 saturated heterocycles. The average molecular weight is 585 g/mol. The minimum atomic E-state index is -0.573. The van der Waals surface area contributed by atoms with E-state index in [0.29, 0.717) is 33.3 Å². The number of benzene rings is 3. The molecular formula is C32H30F2N6O3. The third-order valence-electron chi connectivity index (χ3n) is 7.27. The lowest BCUT2D eigenvalue weighted by molar-refractivity contribution is -0.117. The van der Waals surface area contributed by atoms with Gasteiger partial charge in [0.2, 0.25) is 5.91 Å². The van der Waals surface area contributed by atoms with Gasteiger partial charge in [-0.2, -0.15) is 0 Å². The smallest absolute Gasteiger partial charge is 0.277 e. The maximum Gasteiger partial charge on any atom is 0.277 e. The fraction of sp³-hybridized carbons (Fsp3) is 0.188. The molecule has 5 aromatic rings. The van der Waals surface area contributed by atoms with Crippen molar-refractivity contribution >= 4 is 28.4 Å². The van der Waals surface area contributed by atoms with Crippen molar-refractivity contribution in [3.63, 3.8) is 0 Å². The van der Waals surface area contributed by atoms with E-state index in [2.05, 4.69) is 20.9 Å². The molecule has 0 aliphatic rings. The number of nitrogens with one attached hydrogen (secondary N) is 3. The first-order valence-electron chi connectivity index (χ1n) is 13.6. The van der Waals surface area contributed by atoms with Crippen molar-refractivity contribution in [3.05, 3.63) is 112 Å². The van der Waals surface area contributed by atoms with E-state index in [-0.39, 0.29) is 29.8 Å². The first-order valence-corrected chi connectivity index (χ1v) is 13.6. The molecule has 0 aliphatic heterocycles. The van der Waals surface area contributed by atoms with E-state index < -0.39 is 23.3 Å². The molecule has 1 atom stereocenters. The van der Waals surface area contributed by atoms with Crippen molar-refractivity contribution in [2.75, 3.05) is 19.4 Å². The van der Waals surface area contributed by atoms with Crippen molar-refractivity contribution in [2.45, 2.75) is 26.4 Å². The van der Waals surface area contributed by atoms with Gasteiger partial charge in [-0.25, -0.2) is 13.8 Å². The van der Waals surface area contributed by atoms with Gasteiger partial charge in [0, 0.05) is 35.4 Å². The zero-order valence-corrected chi connectivity index (χ0v) is 24.0. The highest BCUT2D eigenvalue weighted by molar-refractivity contribution is 5.95. The first-order chi connectivity index (χ1) is 20.6. The van der Waals surface area contributed by atoms with Crippen LogP contribution >= 0.6 is 0 Å². The molecule has 2 aromatic heterocycles. The number of rotatable bonds is 8. The predicted octanol–water partition coefficient (Wildman–Crippen LogP) is 4.40. The number of aromatic nitrogens is 3. The molecule has 0 saturated carbocycles. The Morgan fingerprint density at radius 2 is 1.79 bits per heavy atom. The van der Waals surface area contributed by atoms with Gasteiger partial charge in [0.25, 0.3) is 11.5 Å². The van der Waals surface area contributed by atoms with Gasteiger partial charge >= 0.3 is 0 Å². The average Bonchev–Trinajstić information content (AvgIpc) is 3.33. The summed E-state index contributed by atoms with van der Waals surface area (Å²) in [6, 6.07) is 14.8. The van der Waals surface area contributed by atoms with Gasteiger partial charge in [-0.1, -0.05) is 12.1 Å². The number of halogens is 2. The Hall–Kier alpha value is -5.16. The number of carbonyl (C=O) groups is 2. The van der Waals surface area contributed by atoms with Crippen LogP contribution in [0.5, 0.6) is 0 Å². The Balaban J connectivity index is 1.64. The number of carbonyl (C=O) groups excluding carboxylic acids is 2. The van der Waals surface area contributed by atoms with E-state index in [1.165, 1.54) is 42.1 Å². The molecule has 43 heavy (non-hydrogen) atoms. The van der Waals surface area contributed by atoms with Gasteiger partial charge in [-0.3, -0.25) is 19.0 Å². The highest BCUT2D eigenvalue weighted by Gasteiger charge is 2.19. The fourth-order valence-electron chi connectivity index (χ4n) is 4.90. The minimum absolute atomic E-state index is 0.0519. The second-order valence-electron chi connectivity index (χ2n) is 10.2. The molecular weight excluding hydrogens is 554 g/mol. The summed E-state index contributed by atoms with van der Waals surface area (Å²) >= 11 is 0. The molecule has 0 spiro atoms. The van der Waals surface area contributed by atoms with E-state index in [9.17, 15) is 18.8 Å². The lowest BCUT2D eigenvalue weighted by Gasteiger charge is -2.17. The van der Waals surface area contributed by atoms with Crippen molar-refractivity contribution in [1.29, 1.82) is 0 Å². The van der Waals surface area contributed by atoms with Gasteiger partial charge in [-0.15, -0.1) is 0 Å².